The zero-order valence-electron chi connectivity index (χ0n) is 12.8. The number of hydrogen-bond acceptors (Lipinski definition) is 3. The highest BCUT2D eigenvalue weighted by Gasteiger charge is 2.13. The summed E-state index contributed by atoms with van der Waals surface area (Å²) in [4.78, 5) is 2.55. The first-order valence-electron chi connectivity index (χ1n) is 7.23. The Morgan fingerprint density at radius 1 is 1.05 bits per heavy atom. The third-order valence-corrected chi connectivity index (χ3v) is 4.45. The molecule has 22 heavy (non-hydrogen) atoms. The van der Waals surface area contributed by atoms with Crippen molar-refractivity contribution in [1.29, 1.82) is 0 Å². The van der Waals surface area contributed by atoms with Crippen molar-refractivity contribution in [3.05, 3.63) is 65.7 Å². The van der Waals surface area contributed by atoms with Crippen LogP contribution in [0.2, 0.25) is 0 Å². The van der Waals surface area contributed by atoms with Gasteiger partial charge in [0.25, 0.3) is 10.0 Å². The minimum Gasteiger partial charge on any atom is -0.200 e. The zero-order valence-corrected chi connectivity index (χ0v) is 13.6. The Labute approximate surface area is 131 Å². The Bertz CT molecular complexity index is 736. The molecule has 1 N–H and O–H groups in total. The van der Waals surface area contributed by atoms with E-state index in [4.69, 9.17) is 0 Å². The molecule has 0 radical (unpaired) electrons. The Morgan fingerprint density at radius 3 is 2.27 bits per heavy atom. The molecule has 2 aromatic rings. The SMILES string of the molecule is CCC/C(=N\NS(=O)(=O)c1ccc(C)cc1)c1ccccc1. The molecule has 0 saturated carbocycles. The fourth-order valence-corrected chi connectivity index (χ4v) is 2.85. The first kappa shape index (κ1) is 16.2. The number of nitrogens with zero attached hydrogens (tertiary/aromatic N) is 1. The van der Waals surface area contributed by atoms with Gasteiger partial charge < -0.3 is 0 Å². The van der Waals surface area contributed by atoms with Crippen LogP contribution in [-0.2, 0) is 10.0 Å². The summed E-state index contributed by atoms with van der Waals surface area (Å²) in [5.74, 6) is 0. The largest absolute Gasteiger partial charge is 0.276 e. The molecule has 0 aliphatic rings. The first-order valence-corrected chi connectivity index (χ1v) is 8.71. The van der Waals surface area contributed by atoms with Gasteiger partial charge in [0.1, 0.15) is 0 Å². The molecule has 0 atom stereocenters. The third kappa shape index (κ3) is 4.18. The molecule has 0 aliphatic heterocycles. The molecule has 5 heteroatoms. The van der Waals surface area contributed by atoms with Gasteiger partial charge in [0.2, 0.25) is 0 Å². The van der Waals surface area contributed by atoms with Gasteiger partial charge >= 0.3 is 0 Å². The molecular weight excluding hydrogens is 296 g/mol. The zero-order chi connectivity index (χ0) is 16.0. The van der Waals surface area contributed by atoms with Crippen LogP contribution in [0.3, 0.4) is 0 Å². The van der Waals surface area contributed by atoms with Gasteiger partial charge in [0, 0.05) is 0 Å². The number of hydrazone groups is 1. The maximum atomic E-state index is 12.3. The van der Waals surface area contributed by atoms with Crippen LogP contribution in [0.1, 0.15) is 30.9 Å². The van der Waals surface area contributed by atoms with E-state index in [2.05, 4.69) is 9.93 Å². The van der Waals surface area contributed by atoms with Crippen LogP contribution in [0.25, 0.3) is 0 Å². The van der Waals surface area contributed by atoms with Gasteiger partial charge in [-0.25, -0.2) is 0 Å². The molecule has 0 saturated heterocycles. The Hall–Kier alpha value is -2.14. The van der Waals surface area contributed by atoms with Crippen molar-refractivity contribution in [2.75, 3.05) is 0 Å². The topological polar surface area (TPSA) is 58.5 Å². The summed E-state index contributed by atoms with van der Waals surface area (Å²) in [7, 11) is -3.64. The van der Waals surface area contributed by atoms with E-state index in [1.807, 2.05) is 44.2 Å². The second kappa shape index (κ2) is 7.22. The van der Waals surface area contributed by atoms with Crippen molar-refractivity contribution in [2.24, 2.45) is 5.10 Å². The monoisotopic (exact) mass is 316 g/mol. The smallest absolute Gasteiger partial charge is 0.200 e. The maximum Gasteiger partial charge on any atom is 0.276 e. The maximum absolute atomic E-state index is 12.3. The van der Waals surface area contributed by atoms with Crippen LogP contribution < -0.4 is 4.83 Å². The summed E-state index contributed by atoms with van der Waals surface area (Å²) in [5, 5.41) is 4.13. The molecular formula is C17H20N2O2S. The summed E-state index contributed by atoms with van der Waals surface area (Å²) in [6.07, 6.45) is 1.60. The lowest BCUT2D eigenvalue weighted by Gasteiger charge is -2.08. The highest BCUT2D eigenvalue weighted by atomic mass is 32.2. The van der Waals surface area contributed by atoms with Crippen molar-refractivity contribution >= 4 is 15.7 Å². The average Bonchev–Trinajstić information content (AvgIpc) is 2.53. The van der Waals surface area contributed by atoms with Crippen LogP contribution in [-0.4, -0.2) is 14.1 Å². The standard InChI is InChI=1S/C17H20N2O2S/c1-3-7-17(15-8-5-4-6-9-15)18-19-22(20,21)16-12-10-14(2)11-13-16/h4-6,8-13,19H,3,7H2,1-2H3/b18-17+. The second-order valence-corrected chi connectivity index (χ2v) is 6.74. The lowest BCUT2D eigenvalue weighted by Crippen LogP contribution is -2.20. The van der Waals surface area contributed by atoms with Crippen LogP contribution in [0.4, 0.5) is 0 Å². The highest BCUT2D eigenvalue weighted by molar-refractivity contribution is 7.89. The van der Waals surface area contributed by atoms with E-state index in [1.165, 1.54) is 0 Å². The third-order valence-electron chi connectivity index (χ3n) is 3.23. The fourth-order valence-electron chi connectivity index (χ4n) is 2.02. The summed E-state index contributed by atoms with van der Waals surface area (Å²) in [6.45, 7) is 3.95. The van der Waals surface area contributed by atoms with E-state index >= 15 is 0 Å². The lowest BCUT2D eigenvalue weighted by atomic mass is 10.1. The van der Waals surface area contributed by atoms with Gasteiger partial charge in [0.05, 0.1) is 10.6 Å². The number of nitrogens with one attached hydrogen (secondary N) is 1. The quantitative estimate of drug-likeness (QED) is 0.655. The molecule has 4 nitrogen and oxygen atoms in total. The van der Waals surface area contributed by atoms with Crippen molar-refractivity contribution in [2.45, 2.75) is 31.6 Å². The van der Waals surface area contributed by atoms with Gasteiger partial charge in [-0.2, -0.15) is 18.4 Å². The molecule has 0 aromatic heterocycles. The molecule has 2 aromatic carbocycles. The highest BCUT2D eigenvalue weighted by Crippen LogP contribution is 2.11. The van der Waals surface area contributed by atoms with Crippen molar-refractivity contribution in [1.82, 2.24) is 4.83 Å². The van der Waals surface area contributed by atoms with Gasteiger partial charge in [-0.1, -0.05) is 61.4 Å². The molecule has 116 valence electrons. The molecule has 0 aliphatic carbocycles. The van der Waals surface area contributed by atoms with Crippen LogP contribution in [0, 0.1) is 6.92 Å². The van der Waals surface area contributed by atoms with Gasteiger partial charge in [-0.3, -0.25) is 0 Å². The Balaban J connectivity index is 2.25. The summed E-state index contributed by atoms with van der Waals surface area (Å²) < 4.78 is 24.5. The Morgan fingerprint density at radius 2 is 1.68 bits per heavy atom. The number of sulfonamides is 1. The fraction of sp³-hybridized carbons (Fsp3) is 0.235. The predicted molar refractivity (Wildman–Crippen MR) is 89.4 cm³/mol. The van der Waals surface area contributed by atoms with Crippen LogP contribution in [0.15, 0.2) is 64.6 Å². The predicted octanol–water partition coefficient (Wildman–Crippen LogP) is 3.48. The number of benzene rings is 2. The van der Waals surface area contributed by atoms with Gasteiger partial charge in [0.15, 0.2) is 0 Å². The number of hydrogen-bond donors (Lipinski definition) is 1. The second-order valence-electron chi connectivity index (χ2n) is 5.08. The lowest BCUT2D eigenvalue weighted by molar-refractivity contribution is 0.584. The van der Waals surface area contributed by atoms with E-state index in [-0.39, 0.29) is 4.90 Å². The minimum atomic E-state index is -3.64. The van der Waals surface area contributed by atoms with E-state index < -0.39 is 10.0 Å². The molecule has 0 heterocycles. The van der Waals surface area contributed by atoms with E-state index in [0.29, 0.717) is 6.42 Å². The molecule has 0 amide bonds. The van der Waals surface area contributed by atoms with E-state index in [9.17, 15) is 8.42 Å². The molecule has 0 fully saturated rings. The van der Waals surface area contributed by atoms with Gasteiger partial charge in [-0.05, 0) is 31.0 Å². The first-order chi connectivity index (χ1) is 10.5. The van der Waals surface area contributed by atoms with E-state index in [0.717, 1.165) is 23.3 Å². The van der Waals surface area contributed by atoms with Crippen LogP contribution >= 0.6 is 0 Å². The van der Waals surface area contributed by atoms with Crippen molar-refractivity contribution in [3.63, 3.8) is 0 Å². The summed E-state index contributed by atoms with van der Waals surface area (Å²) in [5.41, 5.74) is 2.67. The summed E-state index contributed by atoms with van der Waals surface area (Å²) in [6, 6.07) is 16.3. The van der Waals surface area contributed by atoms with Gasteiger partial charge in [-0.15, -0.1) is 0 Å². The molecule has 0 bridgehead atoms. The number of rotatable bonds is 6. The normalized spacial score (nSPS) is 12.2. The molecule has 0 spiro atoms. The van der Waals surface area contributed by atoms with Crippen LogP contribution in [0.5, 0.6) is 0 Å². The van der Waals surface area contributed by atoms with E-state index in [1.54, 1.807) is 24.3 Å². The van der Waals surface area contributed by atoms with Crippen molar-refractivity contribution in [3.8, 4) is 0 Å². The van der Waals surface area contributed by atoms with Crippen molar-refractivity contribution < 1.29 is 8.42 Å². The number of aryl methyl sites for hydroxylation is 1. The molecule has 2 rings (SSSR count). The Kier molecular flexibility index (Phi) is 5.33. The summed E-state index contributed by atoms with van der Waals surface area (Å²) >= 11 is 0. The minimum absolute atomic E-state index is 0.214. The average molecular weight is 316 g/mol. The molecule has 0 unspecified atom stereocenters.